The van der Waals surface area contributed by atoms with E-state index in [1.807, 2.05) is 49.4 Å². The molecule has 8 heteroatoms. The molecule has 3 heterocycles. The van der Waals surface area contributed by atoms with Crippen LogP contribution < -0.4 is 20.1 Å². The maximum Gasteiger partial charge on any atom is 0.230 e. The first-order valence-corrected chi connectivity index (χ1v) is 11.2. The molecule has 2 aromatic heterocycles. The van der Waals surface area contributed by atoms with Crippen LogP contribution in [0.2, 0.25) is 0 Å². The molecule has 1 fully saturated rings. The van der Waals surface area contributed by atoms with Crippen molar-refractivity contribution in [2.24, 2.45) is 0 Å². The summed E-state index contributed by atoms with van der Waals surface area (Å²) in [5.41, 5.74) is 3.06. The molecule has 3 N–H and O–H groups in total. The number of benzene rings is 2. The molecule has 0 radical (unpaired) electrons. The highest BCUT2D eigenvalue weighted by atomic mass is 16.5. The molecule has 0 unspecified atom stereocenters. The Hall–Kier alpha value is -3.62. The average Bonchev–Trinajstić information content (AvgIpc) is 3.20. The van der Waals surface area contributed by atoms with Gasteiger partial charge in [0.1, 0.15) is 18.1 Å². The Kier molecular flexibility index (Phi) is 6.37. The van der Waals surface area contributed by atoms with Gasteiger partial charge in [-0.25, -0.2) is 4.98 Å². The Morgan fingerprint density at radius 3 is 2.85 bits per heavy atom. The number of rotatable bonds is 8. The first kappa shape index (κ1) is 21.2. The molecule has 0 aliphatic carbocycles. The summed E-state index contributed by atoms with van der Waals surface area (Å²) in [4.78, 5) is 14.5. The van der Waals surface area contributed by atoms with Crippen LogP contribution in [0.5, 0.6) is 17.4 Å². The molecular formula is C25H28N6O2. The molecule has 1 saturated heterocycles. The van der Waals surface area contributed by atoms with Gasteiger partial charge < -0.3 is 25.1 Å². The minimum Gasteiger partial charge on any atom is -0.492 e. The predicted octanol–water partition coefficient (Wildman–Crippen LogP) is 4.09. The van der Waals surface area contributed by atoms with Gasteiger partial charge in [-0.15, -0.1) is 0 Å². The maximum atomic E-state index is 5.97. The Morgan fingerprint density at radius 2 is 1.94 bits per heavy atom. The number of ether oxygens (including phenoxy) is 2. The van der Waals surface area contributed by atoms with Crippen LogP contribution in [0.4, 0.5) is 11.6 Å². The van der Waals surface area contributed by atoms with E-state index in [-0.39, 0.29) is 0 Å². The number of fused-ring (bicyclic) bond motifs is 1. The SMILES string of the molecule is Cc1cc2cc(Oc3ccnc(Nc4cccc(OCCN5CCNCC5)c4)n3)ccc2[nH]1. The van der Waals surface area contributed by atoms with E-state index in [1.54, 1.807) is 12.3 Å². The van der Waals surface area contributed by atoms with Crippen LogP contribution in [0.1, 0.15) is 5.69 Å². The minimum absolute atomic E-state index is 0.462. The zero-order chi connectivity index (χ0) is 22.5. The topological polar surface area (TPSA) is 87.3 Å². The van der Waals surface area contributed by atoms with E-state index in [0.29, 0.717) is 18.4 Å². The number of aromatic amines is 1. The summed E-state index contributed by atoms with van der Waals surface area (Å²) in [6.45, 7) is 7.85. The van der Waals surface area contributed by atoms with Gasteiger partial charge >= 0.3 is 0 Å². The number of nitrogens with zero attached hydrogens (tertiary/aromatic N) is 3. The molecular weight excluding hydrogens is 416 g/mol. The van der Waals surface area contributed by atoms with Crippen molar-refractivity contribution in [2.45, 2.75) is 6.92 Å². The zero-order valence-corrected chi connectivity index (χ0v) is 18.7. The van der Waals surface area contributed by atoms with E-state index in [9.17, 15) is 0 Å². The third kappa shape index (κ3) is 5.60. The molecule has 33 heavy (non-hydrogen) atoms. The molecule has 0 atom stereocenters. The number of nitrogens with one attached hydrogen (secondary N) is 3. The Morgan fingerprint density at radius 1 is 1.03 bits per heavy atom. The largest absolute Gasteiger partial charge is 0.492 e. The minimum atomic E-state index is 0.462. The lowest BCUT2D eigenvalue weighted by Gasteiger charge is -2.26. The molecule has 170 valence electrons. The standard InChI is InChI=1S/C25H28N6O2/c1-18-15-19-16-22(5-6-23(19)28-18)33-24-7-8-27-25(30-24)29-20-3-2-4-21(17-20)32-14-13-31-11-9-26-10-12-31/h2-8,15-17,26,28H,9-14H2,1H3,(H,27,29,30). The average molecular weight is 445 g/mol. The van der Waals surface area contributed by atoms with Gasteiger partial charge in [-0.3, -0.25) is 4.90 Å². The van der Waals surface area contributed by atoms with Gasteiger partial charge in [0, 0.05) is 73.3 Å². The van der Waals surface area contributed by atoms with Gasteiger partial charge in [0.25, 0.3) is 0 Å². The molecule has 0 spiro atoms. The summed E-state index contributed by atoms with van der Waals surface area (Å²) in [6, 6.07) is 17.6. The lowest BCUT2D eigenvalue weighted by atomic mass is 10.2. The fraction of sp³-hybridized carbons (Fsp3) is 0.280. The number of aromatic nitrogens is 3. The molecule has 0 amide bonds. The second kappa shape index (κ2) is 9.89. The van der Waals surface area contributed by atoms with E-state index < -0.39 is 0 Å². The summed E-state index contributed by atoms with van der Waals surface area (Å²) < 4.78 is 11.9. The molecule has 2 aromatic carbocycles. The van der Waals surface area contributed by atoms with Crippen LogP contribution in [-0.2, 0) is 0 Å². The number of aryl methyl sites for hydroxylation is 1. The molecule has 4 aromatic rings. The summed E-state index contributed by atoms with van der Waals surface area (Å²) in [6.07, 6.45) is 1.68. The van der Waals surface area contributed by atoms with Crippen molar-refractivity contribution in [2.75, 3.05) is 44.6 Å². The van der Waals surface area contributed by atoms with E-state index in [0.717, 1.165) is 66.5 Å². The van der Waals surface area contributed by atoms with Crippen LogP contribution in [0.3, 0.4) is 0 Å². The molecule has 5 rings (SSSR count). The normalized spacial score (nSPS) is 14.3. The zero-order valence-electron chi connectivity index (χ0n) is 18.7. The van der Waals surface area contributed by atoms with Crippen molar-refractivity contribution in [3.05, 3.63) is 66.5 Å². The first-order valence-electron chi connectivity index (χ1n) is 11.2. The highest BCUT2D eigenvalue weighted by molar-refractivity contribution is 5.81. The second-order valence-corrected chi connectivity index (χ2v) is 8.11. The molecule has 1 aliphatic rings. The van der Waals surface area contributed by atoms with Gasteiger partial charge in [-0.2, -0.15) is 4.98 Å². The van der Waals surface area contributed by atoms with Crippen LogP contribution >= 0.6 is 0 Å². The van der Waals surface area contributed by atoms with Crippen molar-refractivity contribution in [3.8, 4) is 17.4 Å². The molecule has 0 saturated carbocycles. The van der Waals surface area contributed by atoms with E-state index in [4.69, 9.17) is 9.47 Å². The number of hydrogen-bond acceptors (Lipinski definition) is 7. The van der Waals surface area contributed by atoms with E-state index >= 15 is 0 Å². The number of H-pyrrole nitrogens is 1. The van der Waals surface area contributed by atoms with Crippen molar-refractivity contribution >= 4 is 22.5 Å². The number of piperazine rings is 1. The summed E-state index contributed by atoms with van der Waals surface area (Å²) in [5, 5.41) is 7.71. The summed E-state index contributed by atoms with van der Waals surface area (Å²) >= 11 is 0. The Balaban J connectivity index is 1.20. The lowest BCUT2D eigenvalue weighted by Crippen LogP contribution is -2.44. The maximum absolute atomic E-state index is 5.97. The van der Waals surface area contributed by atoms with Crippen molar-refractivity contribution < 1.29 is 9.47 Å². The van der Waals surface area contributed by atoms with Crippen molar-refractivity contribution in [1.29, 1.82) is 0 Å². The van der Waals surface area contributed by atoms with E-state index in [1.165, 1.54) is 0 Å². The smallest absolute Gasteiger partial charge is 0.230 e. The fourth-order valence-corrected chi connectivity index (χ4v) is 3.92. The van der Waals surface area contributed by atoms with Gasteiger partial charge in [0.2, 0.25) is 11.8 Å². The first-order chi connectivity index (χ1) is 16.2. The summed E-state index contributed by atoms with van der Waals surface area (Å²) in [5.74, 6) is 2.48. The Labute approximate surface area is 193 Å². The summed E-state index contributed by atoms with van der Waals surface area (Å²) in [7, 11) is 0. The third-order valence-electron chi connectivity index (χ3n) is 5.56. The highest BCUT2D eigenvalue weighted by Crippen LogP contribution is 2.26. The number of hydrogen-bond donors (Lipinski definition) is 3. The third-order valence-corrected chi connectivity index (χ3v) is 5.56. The van der Waals surface area contributed by atoms with Crippen molar-refractivity contribution in [3.63, 3.8) is 0 Å². The number of anilines is 2. The fourth-order valence-electron chi connectivity index (χ4n) is 3.92. The van der Waals surface area contributed by atoms with Crippen molar-refractivity contribution in [1.82, 2.24) is 25.2 Å². The van der Waals surface area contributed by atoms with Gasteiger partial charge in [-0.05, 0) is 43.3 Å². The monoisotopic (exact) mass is 444 g/mol. The Bertz CT molecular complexity index is 1220. The van der Waals surface area contributed by atoms with Crippen LogP contribution in [0, 0.1) is 6.92 Å². The molecule has 0 bridgehead atoms. The highest BCUT2D eigenvalue weighted by Gasteiger charge is 2.09. The van der Waals surface area contributed by atoms with Gasteiger partial charge in [-0.1, -0.05) is 6.07 Å². The quantitative estimate of drug-likeness (QED) is 0.377. The lowest BCUT2D eigenvalue weighted by molar-refractivity contribution is 0.191. The van der Waals surface area contributed by atoms with Gasteiger partial charge in [0.05, 0.1) is 0 Å². The molecule has 8 nitrogen and oxygen atoms in total. The van der Waals surface area contributed by atoms with Crippen LogP contribution in [0.25, 0.3) is 10.9 Å². The van der Waals surface area contributed by atoms with E-state index in [2.05, 4.69) is 36.6 Å². The predicted molar refractivity (Wildman–Crippen MR) is 130 cm³/mol. The molecule has 1 aliphatic heterocycles. The van der Waals surface area contributed by atoms with Gasteiger partial charge in [0.15, 0.2) is 0 Å². The van der Waals surface area contributed by atoms with Crippen LogP contribution in [-0.4, -0.2) is 59.2 Å². The van der Waals surface area contributed by atoms with Crippen LogP contribution in [0.15, 0.2) is 60.8 Å². The second-order valence-electron chi connectivity index (χ2n) is 8.11.